The molecule has 0 aromatic heterocycles. The topological polar surface area (TPSA) is 132 Å². The SMILES string of the molecule is CCCCOC(=O)c1ccc(NC(=O)C(Sc2cccc(NC(=O)/C(=C\c3ccc(OC)c(OC)c3)NC(=O)c3ccccc3)c2)c2ccccc2)cc1. The van der Waals surface area contributed by atoms with Crippen LogP contribution >= 0.6 is 11.8 Å². The second-order valence-corrected chi connectivity index (χ2v) is 13.1. The van der Waals surface area contributed by atoms with Gasteiger partial charge in [0, 0.05) is 21.8 Å². The van der Waals surface area contributed by atoms with Gasteiger partial charge in [-0.2, -0.15) is 0 Å². The molecule has 1 atom stereocenters. The Bertz CT molecular complexity index is 2090. The summed E-state index contributed by atoms with van der Waals surface area (Å²) in [4.78, 5) is 53.8. The van der Waals surface area contributed by atoms with Crippen LogP contribution in [0.3, 0.4) is 0 Å². The van der Waals surface area contributed by atoms with Crippen molar-refractivity contribution in [2.45, 2.75) is 29.9 Å². The molecule has 0 saturated heterocycles. The highest BCUT2D eigenvalue weighted by molar-refractivity contribution is 8.00. The van der Waals surface area contributed by atoms with E-state index in [1.807, 2.05) is 43.3 Å². The minimum absolute atomic E-state index is 0.00379. The first kappa shape index (κ1) is 38.9. The Morgan fingerprint density at radius 1 is 0.704 bits per heavy atom. The van der Waals surface area contributed by atoms with Gasteiger partial charge in [0.15, 0.2) is 11.5 Å². The molecule has 0 aliphatic rings. The van der Waals surface area contributed by atoms with Crippen LogP contribution in [0.4, 0.5) is 11.4 Å². The molecular formula is C43H41N3O7S. The summed E-state index contributed by atoms with van der Waals surface area (Å²) in [5.74, 6) is -0.729. The van der Waals surface area contributed by atoms with Gasteiger partial charge in [0.2, 0.25) is 5.91 Å². The first-order chi connectivity index (χ1) is 26.3. The van der Waals surface area contributed by atoms with E-state index in [0.717, 1.165) is 18.4 Å². The number of unbranched alkanes of at least 4 members (excludes halogenated alkanes) is 1. The number of nitrogens with one attached hydrogen (secondary N) is 3. The lowest BCUT2D eigenvalue weighted by molar-refractivity contribution is -0.116. The molecule has 276 valence electrons. The lowest BCUT2D eigenvalue weighted by Crippen LogP contribution is -2.30. The molecule has 0 radical (unpaired) electrons. The molecule has 11 heteroatoms. The van der Waals surface area contributed by atoms with Crippen molar-refractivity contribution < 1.29 is 33.4 Å². The van der Waals surface area contributed by atoms with Crippen LogP contribution in [0, 0.1) is 0 Å². The number of carbonyl (C=O) groups excluding carboxylic acids is 4. The van der Waals surface area contributed by atoms with Crippen LogP contribution in [-0.4, -0.2) is 44.5 Å². The van der Waals surface area contributed by atoms with Gasteiger partial charge in [-0.3, -0.25) is 14.4 Å². The zero-order valence-electron chi connectivity index (χ0n) is 30.2. The maximum absolute atomic E-state index is 13.8. The molecule has 10 nitrogen and oxygen atoms in total. The molecule has 3 amide bonds. The Morgan fingerprint density at radius 2 is 1.41 bits per heavy atom. The molecule has 54 heavy (non-hydrogen) atoms. The van der Waals surface area contributed by atoms with Crippen molar-refractivity contribution in [3.8, 4) is 11.5 Å². The summed E-state index contributed by atoms with van der Waals surface area (Å²) >= 11 is 1.31. The van der Waals surface area contributed by atoms with Gasteiger partial charge in [0.05, 0.1) is 26.4 Å². The molecule has 0 aliphatic carbocycles. The van der Waals surface area contributed by atoms with Gasteiger partial charge in [-0.25, -0.2) is 4.79 Å². The van der Waals surface area contributed by atoms with E-state index in [-0.39, 0.29) is 11.6 Å². The zero-order chi connectivity index (χ0) is 38.3. The molecule has 5 aromatic rings. The maximum atomic E-state index is 13.8. The van der Waals surface area contributed by atoms with Gasteiger partial charge in [-0.05, 0) is 90.4 Å². The van der Waals surface area contributed by atoms with Gasteiger partial charge < -0.3 is 30.2 Å². The summed E-state index contributed by atoms with van der Waals surface area (Å²) in [7, 11) is 3.04. The third-order valence-electron chi connectivity index (χ3n) is 8.05. The molecule has 5 rings (SSSR count). The van der Waals surface area contributed by atoms with E-state index in [1.54, 1.807) is 97.1 Å². The van der Waals surface area contributed by atoms with Crippen LogP contribution < -0.4 is 25.4 Å². The van der Waals surface area contributed by atoms with E-state index in [4.69, 9.17) is 14.2 Å². The molecule has 0 bridgehead atoms. The Labute approximate surface area is 318 Å². The molecular weight excluding hydrogens is 703 g/mol. The predicted octanol–water partition coefficient (Wildman–Crippen LogP) is 8.54. The van der Waals surface area contributed by atoms with E-state index in [1.165, 1.54) is 26.0 Å². The highest BCUT2D eigenvalue weighted by atomic mass is 32.2. The number of ether oxygens (including phenoxy) is 3. The second kappa shape index (κ2) is 19.5. The van der Waals surface area contributed by atoms with Crippen LogP contribution in [-0.2, 0) is 14.3 Å². The number of esters is 1. The monoisotopic (exact) mass is 743 g/mol. The molecule has 0 saturated carbocycles. The third kappa shape index (κ3) is 10.8. The largest absolute Gasteiger partial charge is 0.493 e. The van der Waals surface area contributed by atoms with Crippen LogP contribution in [0.1, 0.15) is 56.9 Å². The second-order valence-electron chi connectivity index (χ2n) is 11.9. The van der Waals surface area contributed by atoms with Crippen molar-refractivity contribution in [2.75, 3.05) is 31.5 Å². The van der Waals surface area contributed by atoms with E-state index in [9.17, 15) is 19.2 Å². The standard InChI is InChI=1S/C43H41N3O7S/c1-4-5-25-53-43(50)32-20-22-33(23-21-32)44-42(49)39(30-13-8-6-9-14-30)54-35-18-12-17-34(28-35)45-41(48)36(46-40(47)31-15-10-7-11-16-31)26-29-19-24-37(51-2)38(27-29)52-3/h6-24,26-28,39H,4-5,25H2,1-3H3,(H,44,49)(H,45,48)(H,46,47)/b36-26+. The van der Waals surface area contributed by atoms with Crippen LogP contribution in [0.25, 0.3) is 6.08 Å². The zero-order valence-corrected chi connectivity index (χ0v) is 31.0. The van der Waals surface area contributed by atoms with E-state index in [0.29, 0.717) is 51.1 Å². The first-order valence-corrected chi connectivity index (χ1v) is 18.2. The Balaban J connectivity index is 1.35. The number of benzene rings is 5. The van der Waals surface area contributed by atoms with Crippen molar-refractivity contribution >= 4 is 52.9 Å². The van der Waals surface area contributed by atoms with Crippen LogP contribution in [0.2, 0.25) is 0 Å². The fraction of sp³-hybridized carbons (Fsp3) is 0.163. The summed E-state index contributed by atoms with van der Waals surface area (Å²) in [6.45, 7) is 2.38. The number of rotatable bonds is 16. The maximum Gasteiger partial charge on any atom is 0.338 e. The highest BCUT2D eigenvalue weighted by Crippen LogP contribution is 2.37. The molecule has 3 N–H and O–H groups in total. The third-order valence-corrected chi connectivity index (χ3v) is 9.30. The molecule has 0 spiro atoms. The fourth-order valence-corrected chi connectivity index (χ4v) is 6.31. The summed E-state index contributed by atoms with van der Waals surface area (Å²) in [6, 6.07) is 36.8. The first-order valence-electron chi connectivity index (χ1n) is 17.3. The lowest BCUT2D eigenvalue weighted by atomic mass is 10.1. The summed E-state index contributed by atoms with van der Waals surface area (Å²) in [5, 5.41) is 7.94. The quantitative estimate of drug-likeness (QED) is 0.0397. The predicted molar refractivity (Wildman–Crippen MR) is 212 cm³/mol. The van der Waals surface area contributed by atoms with Crippen molar-refractivity contribution in [1.29, 1.82) is 0 Å². The number of carbonyl (C=O) groups is 4. The van der Waals surface area contributed by atoms with Crippen LogP contribution in [0.5, 0.6) is 11.5 Å². The number of thioether (sulfide) groups is 1. The van der Waals surface area contributed by atoms with Crippen molar-refractivity contribution in [3.63, 3.8) is 0 Å². The highest BCUT2D eigenvalue weighted by Gasteiger charge is 2.23. The number of amides is 3. The fourth-order valence-electron chi connectivity index (χ4n) is 5.22. The summed E-state index contributed by atoms with van der Waals surface area (Å²) in [6.07, 6.45) is 3.26. The Morgan fingerprint density at radius 3 is 2.09 bits per heavy atom. The molecule has 1 unspecified atom stereocenters. The smallest absolute Gasteiger partial charge is 0.338 e. The van der Waals surface area contributed by atoms with Crippen molar-refractivity contribution in [1.82, 2.24) is 5.32 Å². The molecule has 0 fully saturated rings. The Kier molecular flexibility index (Phi) is 14.0. The van der Waals surface area contributed by atoms with Gasteiger partial charge in [-0.15, -0.1) is 11.8 Å². The van der Waals surface area contributed by atoms with Gasteiger partial charge in [-0.1, -0.05) is 74.0 Å². The number of anilines is 2. The molecule has 0 aliphatic heterocycles. The van der Waals surface area contributed by atoms with Gasteiger partial charge in [0.25, 0.3) is 11.8 Å². The lowest BCUT2D eigenvalue weighted by Gasteiger charge is -2.18. The van der Waals surface area contributed by atoms with E-state index in [2.05, 4.69) is 16.0 Å². The van der Waals surface area contributed by atoms with Crippen LogP contribution in [0.15, 0.2) is 138 Å². The van der Waals surface area contributed by atoms with E-state index < -0.39 is 23.0 Å². The number of hydrogen-bond donors (Lipinski definition) is 3. The minimum Gasteiger partial charge on any atom is -0.493 e. The van der Waals surface area contributed by atoms with E-state index >= 15 is 0 Å². The van der Waals surface area contributed by atoms with Crippen molar-refractivity contribution in [2.24, 2.45) is 0 Å². The normalized spacial score (nSPS) is 11.5. The average Bonchev–Trinajstić information content (AvgIpc) is 3.20. The Hall–Kier alpha value is -6.33. The average molecular weight is 744 g/mol. The number of methoxy groups -OCH3 is 2. The van der Waals surface area contributed by atoms with Crippen molar-refractivity contribution in [3.05, 3.63) is 155 Å². The minimum atomic E-state index is -0.665. The molecule has 0 heterocycles. The van der Waals surface area contributed by atoms with Gasteiger partial charge >= 0.3 is 5.97 Å². The van der Waals surface area contributed by atoms with Gasteiger partial charge in [0.1, 0.15) is 10.9 Å². The number of hydrogen-bond acceptors (Lipinski definition) is 8. The molecule has 5 aromatic carbocycles. The summed E-state index contributed by atoms with van der Waals surface area (Å²) in [5.41, 5.74) is 3.12. The summed E-state index contributed by atoms with van der Waals surface area (Å²) < 4.78 is 16.1.